The van der Waals surface area contributed by atoms with Crippen molar-refractivity contribution in [1.82, 2.24) is 4.90 Å². The molecular weight excluding hydrogens is 174 g/mol. The van der Waals surface area contributed by atoms with Gasteiger partial charge < -0.3 is 10.0 Å². The highest BCUT2D eigenvalue weighted by molar-refractivity contribution is 4.81. The summed E-state index contributed by atoms with van der Waals surface area (Å²) < 4.78 is 0. The fourth-order valence-electron chi connectivity index (χ4n) is 3.04. The van der Waals surface area contributed by atoms with Crippen LogP contribution in [0, 0.1) is 5.92 Å². The molecule has 0 aromatic carbocycles. The topological polar surface area (TPSA) is 23.5 Å². The highest BCUT2D eigenvalue weighted by atomic mass is 16.3. The molecule has 2 fully saturated rings. The first-order chi connectivity index (χ1) is 6.90. The molecule has 1 saturated heterocycles. The van der Waals surface area contributed by atoms with Gasteiger partial charge in [0.1, 0.15) is 0 Å². The third-order valence-electron chi connectivity index (χ3n) is 3.92. The highest BCUT2D eigenvalue weighted by Crippen LogP contribution is 2.28. The van der Waals surface area contributed by atoms with Crippen LogP contribution in [-0.4, -0.2) is 35.7 Å². The second-order valence-corrected chi connectivity index (χ2v) is 4.97. The summed E-state index contributed by atoms with van der Waals surface area (Å²) >= 11 is 0. The molecule has 1 aliphatic carbocycles. The maximum atomic E-state index is 9.19. The standard InChI is InChI=1S/C12H23NO/c14-10-11-5-4-6-12(9-11)13-7-2-1-3-8-13/h11-12,14H,1-10H2. The van der Waals surface area contributed by atoms with E-state index < -0.39 is 0 Å². The van der Waals surface area contributed by atoms with Crippen molar-refractivity contribution in [3.8, 4) is 0 Å². The van der Waals surface area contributed by atoms with Gasteiger partial charge in [-0.3, -0.25) is 0 Å². The predicted octanol–water partition coefficient (Wildman–Crippen LogP) is 2.02. The van der Waals surface area contributed by atoms with Gasteiger partial charge >= 0.3 is 0 Å². The van der Waals surface area contributed by atoms with Crippen LogP contribution in [-0.2, 0) is 0 Å². The number of likely N-dealkylation sites (tertiary alicyclic amines) is 1. The lowest BCUT2D eigenvalue weighted by molar-refractivity contribution is 0.0865. The normalized spacial score (nSPS) is 35.8. The van der Waals surface area contributed by atoms with Gasteiger partial charge in [-0.05, 0) is 51.1 Å². The van der Waals surface area contributed by atoms with Crippen LogP contribution in [0.15, 0.2) is 0 Å². The van der Waals surface area contributed by atoms with Crippen molar-refractivity contribution in [3.63, 3.8) is 0 Å². The minimum absolute atomic E-state index is 0.407. The molecule has 2 aliphatic rings. The van der Waals surface area contributed by atoms with Gasteiger partial charge in [0, 0.05) is 12.6 Å². The van der Waals surface area contributed by atoms with Gasteiger partial charge in [0.05, 0.1) is 0 Å². The fraction of sp³-hybridized carbons (Fsp3) is 1.00. The molecule has 0 spiro atoms. The van der Waals surface area contributed by atoms with Gasteiger partial charge in [0.15, 0.2) is 0 Å². The molecule has 1 N–H and O–H groups in total. The molecule has 2 unspecified atom stereocenters. The summed E-state index contributed by atoms with van der Waals surface area (Å²) in [4.78, 5) is 2.67. The van der Waals surface area contributed by atoms with Gasteiger partial charge in [-0.1, -0.05) is 12.8 Å². The molecule has 0 aromatic heterocycles. The van der Waals surface area contributed by atoms with E-state index in [0.29, 0.717) is 12.5 Å². The first kappa shape index (κ1) is 10.4. The lowest BCUT2D eigenvalue weighted by Gasteiger charge is -2.39. The van der Waals surface area contributed by atoms with Crippen molar-refractivity contribution < 1.29 is 5.11 Å². The van der Waals surface area contributed by atoms with Crippen LogP contribution in [0.25, 0.3) is 0 Å². The summed E-state index contributed by atoms with van der Waals surface area (Å²) in [7, 11) is 0. The Morgan fingerprint density at radius 1 is 1.00 bits per heavy atom. The van der Waals surface area contributed by atoms with E-state index in [2.05, 4.69) is 4.90 Å². The lowest BCUT2D eigenvalue weighted by atomic mass is 9.85. The molecular formula is C12H23NO. The van der Waals surface area contributed by atoms with Crippen LogP contribution in [0.3, 0.4) is 0 Å². The molecule has 1 heterocycles. The van der Waals surface area contributed by atoms with E-state index in [9.17, 15) is 5.11 Å². The van der Waals surface area contributed by atoms with Gasteiger partial charge in [-0.25, -0.2) is 0 Å². The lowest BCUT2D eigenvalue weighted by Crippen LogP contribution is -2.42. The summed E-state index contributed by atoms with van der Waals surface area (Å²) in [5.41, 5.74) is 0. The first-order valence-electron chi connectivity index (χ1n) is 6.25. The second-order valence-electron chi connectivity index (χ2n) is 4.97. The Balaban J connectivity index is 1.83. The van der Waals surface area contributed by atoms with Crippen molar-refractivity contribution in [3.05, 3.63) is 0 Å². The summed E-state index contributed by atoms with van der Waals surface area (Å²) in [6.45, 7) is 3.02. The Labute approximate surface area is 87.3 Å². The maximum absolute atomic E-state index is 9.19. The molecule has 2 heteroatoms. The monoisotopic (exact) mass is 197 g/mol. The first-order valence-corrected chi connectivity index (χ1v) is 6.25. The number of nitrogens with zero attached hydrogens (tertiary/aromatic N) is 1. The van der Waals surface area contributed by atoms with Crippen LogP contribution in [0.1, 0.15) is 44.9 Å². The third kappa shape index (κ3) is 2.48. The summed E-state index contributed by atoms with van der Waals surface area (Å²) in [5.74, 6) is 0.593. The van der Waals surface area contributed by atoms with Gasteiger partial charge in [0.2, 0.25) is 0 Å². The summed E-state index contributed by atoms with van der Waals surface area (Å²) in [6.07, 6.45) is 9.40. The predicted molar refractivity (Wildman–Crippen MR) is 58.3 cm³/mol. The highest BCUT2D eigenvalue weighted by Gasteiger charge is 2.26. The minimum Gasteiger partial charge on any atom is -0.396 e. The third-order valence-corrected chi connectivity index (χ3v) is 3.92. The zero-order valence-corrected chi connectivity index (χ0v) is 9.12. The Morgan fingerprint density at radius 3 is 2.50 bits per heavy atom. The van der Waals surface area contributed by atoms with E-state index in [1.165, 1.54) is 58.0 Å². The smallest absolute Gasteiger partial charge is 0.0459 e. The number of piperidine rings is 1. The van der Waals surface area contributed by atoms with Crippen molar-refractivity contribution >= 4 is 0 Å². The van der Waals surface area contributed by atoms with Crippen molar-refractivity contribution in [2.24, 2.45) is 5.92 Å². The Bertz CT molecular complexity index is 166. The molecule has 0 amide bonds. The van der Waals surface area contributed by atoms with Gasteiger partial charge in [0.25, 0.3) is 0 Å². The van der Waals surface area contributed by atoms with Gasteiger partial charge in [-0.2, -0.15) is 0 Å². The molecule has 2 nitrogen and oxygen atoms in total. The van der Waals surface area contributed by atoms with Crippen molar-refractivity contribution in [1.29, 1.82) is 0 Å². The molecule has 1 aliphatic heterocycles. The average Bonchev–Trinajstić information content (AvgIpc) is 2.30. The maximum Gasteiger partial charge on any atom is 0.0459 e. The van der Waals surface area contributed by atoms with Crippen LogP contribution in [0.4, 0.5) is 0 Å². The van der Waals surface area contributed by atoms with E-state index >= 15 is 0 Å². The molecule has 2 rings (SSSR count). The fourth-order valence-corrected chi connectivity index (χ4v) is 3.04. The number of hydrogen-bond acceptors (Lipinski definition) is 2. The molecule has 0 radical (unpaired) electrons. The molecule has 14 heavy (non-hydrogen) atoms. The van der Waals surface area contributed by atoms with E-state index in [1.807, 2.05) is 0 Å². The number of aliphatic hydroxyl groups is 1. The Hall–Kier alpha value is -0.0800. The molecule has 1 saturated carbocycles. The molecule has 0 bridgehead atoms. The zero-order chi connectivity index (χ0) is 9.80. The molecule has 0 aromatic rings. The Morgan fingerprint density at radius 2 is 1.79 bits per heavy atom. The quantitative estimate of drug-likeness (QED) is 0.732. The average molecular weight is 197 g/mol. The van der Waals surface area contributed by atoms with Crippen LogP contribution < -0.4 is 0 Å². The van der Waals surface area contributed by atoms with Crippen molar-refractivity contribution in [2.45, 2.75) is 51.0 Å². The number of rotatable bonds is 2. The van der Waals surface area contributed by atoms with Crippen LogP contribution in [0.5, 0.6) is 0 Å². The van der Waals surface area contributed by atoms with Crippen molar-refractivity contribution in [2.75, 3.05) is 19.7 Å². The van der Waals surface area contributed by atoms with Gasteiger partial charge in [-0.15, -0.1) is 0 Å². The second kappa shape index (κ2) is 5.13. The molecule has 82 valence electrons. The number of aliphatic hydroxyl groups excluding tert-OH is 1. The zero-order valence-electron chi connectivity index (χ0n) is 9.12. The van der Waals surface area contributed by atoms with E-state index in [1.54, 1.807) is 0 Å². The molecule has 2 atom stereocenters. The SMILES string of the molecule is OCC1CCCC(N2CCCCC2)C1. The summed E-state index contributed by atoms with van der Waals surface area (Å²) in [5, 5.41) is 9.19. The van der Waals surface area contributed by atoms with E-state index in [4.69, 9.17) is 0 Å². The largest absolute Gasteiger partial charge is 0.396 e. The van der Waals surface area contributed by atoms with Crippen LogP contribution >= 0.6 is 0 Å². The van der Waals surface area contributed by atoms with Crippen LogP contribution in [0.2, 0.25) is 0 Å². The number of hydrogen-bond donors (Lipinski definition) is 1. The van der Waals surface area contributed by atoms with E-state index in [0.717, 1.165) is 6.04 Å². The van der Waals surface area contributed by atoms with E-state index in [-0.39, 0.29) is 0 Å². The summed E-state index contributed by atoms with van der Waals surface area (Å²) in [6, 6.07) is 0.793. The Kier molecular flexibility index (Phi) is 3.82. The minimum atomic E-state index is 0.407.